The summed E-state index contributed by atoms with van der Waals surface area (Å²) in [6.07, 6.45) is 0. The van der Waals surface area contributed by atoms with Gasteiger partial charge in [0.05, 0.1) is 34.7 Å². The summed E-state index contributed by atoms with van der Waals surface area (Å²) in [4.78, 5) is 19.6. The summed E-state index contributed by atoms with van der Waals surface area (Å²) in [5, 5.41) is 10.6. The molecule has 4 aromatic rings. The molecule has 5 rings (SSSR count). The number of amides is 1. The number of thiophene rings is 1. The van der Waals surface area contributed by atoms with Crippen LogP contribution in [-0.4, -0.2) is 62.3 Å². The Morgan fingerprint density at radius 3 is 2.82 bits per heavy atom. The molecule has 1 amide bonds. The van der Waals surface area contributed by atoms with Crippen LogP contribution in [0.25, 0.3) is 21.0 Å². The number of rotatable bonds is 7. The zero-order valence-electron chi connectivity index (χ0n) is 18.8. The molecule has 0 radical (unpaired) electrons. The molecule has 0 atom stereocenters. The summed E-state index contributed by atoms with van der Waals surface area (Å²) in [6.45, 7) is 4.72. The van der Waals surface area contributed by atoms with Gasteiger partial charge in [-0.05, 0) is 29.6 Å². The minimum Gasteiger partial charge on any atom is -0.491 e. The Morgan fingerprint density at radius 1 is 1.18 bits per heavy atom. The third-order valence-electron chi connectivity index (χ3n) is 5.89. The minimum absolute atomic E-state index is 0.174. The van der Waals surface area contributed by atoms with Crippen LogP contribution in [0.1, 0.15) is 10.4 Å². The van der Waals surface area contributed by atoms with E-state index in [1.54, 1.807) is 24.5 Å². The van der Waals surface area contributed by atoms with E-state index in [-0.39, 0.29) is 5.91 Å². The second-order valence-electron chi connectivity index (χ2n) is 7.95. The molecule has 7 nitrogen and oxygen atoms in total. The molecule has 1 fully saturated rings. The Kier molecular flexibility index (Phi) is 6.82. The highest BCUT2D eigenvalue weighted by molar-refractivity contribution is 7.18. The number of anilines is 2. The highest BCUT2D eigenvalue weighted by Crippen LogP contribution is 2.39. The number of carbonyl (C=O) groups excluding carboxylic acids is 1. The Bertz CT molecular complexity index is 1340. The number of fused-ring (bicyclic) bond motifs is 3. The first-order chi connectivity index (χ1) is 16.7. The van der Waals surface area contributed by atoms with Crippen molar-refractivity contribution < 1.29 is 14.3 Å². The maximum Gasteiger partial charge on any atom is 0.253 e. The smallest absolute Gasteiger partial charge is 0.253 e. The number of para-hydroxylation sites is 1. The molecule has 1 aliphatic heterocycles. The van der Waals surface area contributed by atoms with Crippen LogP contribution >= 0.6 is 22.9 Å². The van der Waals surface area contributed by atoms with E-state index in [4.69, 9.17) is 26.1 Å². The van der Waals surface area contributed by atoms with Gasteiger partial charge in [0.1, 0.15) is 23.2 Å². The summed E-state index contributed by atoms with van der Waals surface area (Å²) in [5.41, 5.74) is 1.87. The van der Waals surface area contributed by atoms with Gasteiger partial charge < -0.3 is 20.1 Å². The Balaban J connectivity index is 1.44. The van der Waals surface area contributed by atoms with Gasteiger partial charge >= 0.3 is 0 Å². The normalized spacial score (nSPS) is 14.4. The molecule has 34 heavy (non-hydrogen) atoms. The van der Waals surface area contributed by atoms with Crippen LogP contribution in [0.2, 0.25) is 5.02 Å². The fourth-order valence-electron chi connectivity index (χ4n) is 4.11. The number of aromatic nitrogens is 1. The highest BCUT2D eigenvalue weighted by atomic mass is 35.5. The van der Waals surface area contributed by atoms with Gasteiger partial charge in [0.25, 0.3) is 5.91 Å². The summed E-state index contributed by atoms with van der Waals surface area (Å²) in [7, 11) is 1.62. The van der Waals surface area contributed by atoms with Crippen LogP contribution in [-0.2, 0) is 4.74 Å². The standard InChI is InChI=1S/C25H25ClN4O3S/c1-27-25(31)18-5-2-4-16-17-8-15-34-23(17)24(29-22(16)18)28-19-6-3-7-20(21(19)26)33-14-11-30-9-12-32-13-10-30/h2-8,15H,9-14H2,1H3,(H,27,31)(H,28,29). The number of hydrogen-bond acceptors (Lipinski definition) is 7. The Hall–Kier alpha value is -2.91. The van der Waals surface area contributed by atoms with Crippen molar-refractivity contribution in [2.75, 3.05) is 51.8 Å². The second-order valence-corrected chi connectivity index (χ2v) is 9.24. The maximum atomic E-state index is 12.5. The molecule has 0 unspecified atom stereocenters. The van der Waals surface area contributed by atoms with E-state index in [2.05, 4.69) is 21.6 Å². The quantitative estimate of drug-likeness (QED) is 0.378. The van der Waals surface area contributed by atoms with Gasteiger partial charge in [-0.1, -0.05) is 29.8 Å². The Labute approximate surface area is 206 Å². The third kappa shape index (κ3) is 4.54. The average Bonchev–Trinajstić information content (AvgIpc) is 3.37. The average molecular weight is 497 g/mol. The van der Waals surface area contributed by atoms with Gasteiger partial charge in [-0.2, -0.15) is 0 Å². The van der Waals surface area contributed by atoms with Crippen molar-refractivity contribution in [3.8, 4) is 5.75 Å². The van der Waals surface area contributed by atoms with E-state index in [9.17, 15) is 4.79 Å². The van der Waals surface area contributed by atoms with Crippen LogP contribution in [0.3, 0.4) is 0 Å². The van der Waals surface area contributed by atoms with E-state index >= 15 is 0 Å². The molecule has 1 aliphatic rings. The summed E-state index contributed by atoms with van der Waals surface area (Å²) >= 11 is 8.31. The lowest BCUT2D eigenvalue weighted by atomic mass is 10.1. The topological polar surface area (TPSA) is 75.7 Å². The SMILES string of the molecule is CNC(=O)c1cccc2c1nc(Nc1cccc(OCCN3CCOCC3)c1Cl)c1sccc12. The van der Waals surface area contributed by atoms with Crippen LogP contribution in [0.4, 0.5) is 11.5 Å². The van der Waals surface area contributed by atoms with Crippen molar-refractivity contribution in [2.45, 2.75) is 0 Å². The van der Waals surface area contributed by atoms with Crippen molar-refractivity contribution in [1.82, 2.24) is 15.2 Å². The predicted octanol–water partition coefficient (Wildman–Crippen LogP) is 4.92. The molecular weight excluding hydrogens is 472 g/mol. The molecular formula is C25H25ClN4O3S. The van der Waals surface area contributed by atoms with Gasteiger partial charge in [0, 0.05) is 37.5 Å². The lowest BCUT2D eigenvalue weighted by Crippen LogP contribution is -2.38. The zero-order chi connectivity index (χ0) is 23.5. The number of halogens is 1. The van der Waals surface area contributed by atoms with E-state index in [0.717, 1.165) is 48.3 Å². The van der Waals surface area contributed by atoms with Crippen LogP contribution < -0.4 is 15.4 Å². The van der Waals surface area contributed by atoms with Gasteiger partial charge in [0.15, 0.2) is 0 Å². The molecule has 0 saturated carbocycles. The van der Waals surface area contributed by atoms with Gasteiger partial charge in [-0.3, -0.25) is 9.69 Å². The monoisotopic (exact) mass is 496 g/mol. The minimum atomic E-state index is -0.174. The molecule has 1 saturated heterocycles. The number of nitrogens with one attached hydrogen (secondary N) is 2. The zero-order valence-corrected chi connectivity index (χ0v) is 20.3. The van der Waals surface area contributed by atoms with Crippen LogP contribution in [0.15, 0.2) is 47.8 Å². The van der Waals surface area contributed by atoms with Crippen molar-refractivity contribution in [1.29, 1.82) is 0 Å². The molecule has 2 aromatic carbocycles. The largest absolute Gasteiger partial charge is 0.491 e. The number of ether oxygens (including phenoxy) is 2. The van der Waals surface area contributed by atoms with E-state index in [1.807, 2.05) is 35.7 Å². The number of pyridine rings is 1. The van der Waals surface area contributed by atoms with Gasteiger partial charge in [-0.25, -0.2) is 4.98 Å². The molecule has 0 bridgehead atoms. The first-order valence-corrected chi connectivity index (χ1v) is 12.4. The fraction of sp³-hybridized carbons (Fsp3) is 0.280. The fourth-order valence-corrected chi connectivity index (χ4v) is 5.19. The molecule has 0 spiro atoms. The van der Waals surface area contributed by atoms with E-state index in [0.29, 0.717) is 40.0 Å². The van der Waals surface area contributed by atoms with Gasteiger partial charge in [-0.15, -0.1) is 11.3 Å². The maximum absolute atomic E-state index is 12.5. The second kappa shape index (κ2) is 10.1. The lowest BCUT2D eigenvalue weighted by molar-refractivity contribution is 0.0322. The lowest BCUT2D eigenvalue weighted by Gasteiger charge is -2.26. The highest BCUT2D eigenvalue weighted by Gasteiger charge is 2.17. The van der Waals surface area contributed by atoms with Crippen LogP contribution in [0.5, 0.6) is 5.75 Å². The first-order valence-electron chi connectivity index (χ1n) is 11.2. The summed E-state index contributed by atoms with van der Waals surface area (Å²) in [5.74, 6) is 1.10. The van der Waals surface area contributed by atoms with Crippen molar-refractivity contribution in [3.63, 3.8) is 0 Å². The van der Waals surface area contributed by atoms with E-state index in [1.165, 1.54) is 0 Å². The van der Waals surface area contributed by atoms with Gasteiger partial charge in [0.2, 0.25) is 0 Å². The number of nitrogens with zero attached hydrogens (tertiary/aromatic N) is 2. The number of carbonyl (C=O) groups is 1. The van der Waals surface area contributed by atoms with Crippen molar-refractivity contribution in [2.24, 2.45) is 0 Å². The summed E-state index contributed by atoms with van der Waals surface area (Å²) in [6, 6.07) is 13.4. The van der Waals surface area contributed by atoms with Crippen LogP contribution in [0, 0.1) is 0 Å². The molecule has 3 heterocycles. The number of hydrogen-bond donors (Lipinski definition) is 2. The molecule has 176 valence electrons. The van der Waals surface area contributed by atoms with Crippen molar-refractivity contribution >= 4 is 61.3 Å². The molecule has 2 N–H and O–H groups in total. The molecule has 9 heteroatoms. The first kappa shape index (κ1) is 22.9. The van der Waals surface area contributed by atoms with Crippen molar-refractivity contribution in [3.05, 3.63) is 58.4 Å². The Morgan fingerprint density at radius 2 is 2.00 bits per heavy atom. The number of benzene rings is 2. The number of morpholine rings is 1. The molecule has 2 aromatic heterocycles. The third-order valence-corrected chi connectivity index (χ3v) is 7.20. The summed E-state index contributed by atoms with van der Waals surface area (Å²) < 4.78 is 12.4. The predicted molar refractivity (Wildman–Crippen MR) is 138 cm³/mol. The van der Waals surface area contributed by atoms with E-state index < -0.39 is 0 Å². The molecule has 0 aliphatic carbocycles.